The van der Waals surface area contributed by atoms with Gasteiger partial charge in [-0.25, -0.2) is 0 Å². The standard InChI is InChI=1S/C13H29As/c1-10(2,3)13(14,11(4,5)6)12(7,8)9/h14H2,1-9H3. The Kier molecular flexibility index (Phi) is 3.69. The molecule has 0 amide bonds. The van der Waals surface area contributed by atoms with Crippen molar-refractivity contribution in [2.75, 3.05) is 0 Å². The van der Waals surface area contributed by atoms with Gasteiger partial charge in [-0.2, -0.15) is 0 Å². The van der Waals surface area contributed by atoms with Gasteiger partial charge in [0.05, 0.1) is 0 Å². The predicted octanol–water partition coefficient (Wildman–Crippen LogP) is 3.92. The van der Waals surface area contributed by atoms with E-state index >= 15 is 0 Å². The zero-order valence-electron chi connectivity index (χ0n) is 11.6. The van der Waals surface area contributed by atoms with Crippen LogP contribution >= 0.6 is 0 Å². The molecule has 0 aliphatic heterocycles. The molecule has 0 fully saturated rings. The first-order valence-electron chi connectivity index (χ1n) is 5.54. The molecule has 0 rings (SSSR count). The van der Waals surface area contributed by atoms with E-state index in [2.05, 4.69) is 62.3 Å². The summed E-state index contributed by atoms with van der Waals surface area (Å²) in [4.78, 5) is 0. The van der Waals surface area contributed by atoms with Crippen LogP contribution in [0.3, 0.4) is 0 Å². The summed E-state index contributed by atoms with van der Waals surface area (Å²) in [6, 6.07) is 0. The minimum absolute atomic E-state index is 0.351. The van der Waals surface area contributed by atoms with Gasteiger partial charge in [0.2, 0.25) is 0 Å². The Bertz CT molecular complexity index is 159. The van der Waals surface area contributed by atoms with E-state index in [4.69, 9.17) is 0 Å². The molecule has 0 saturated heterocycles. The maximum absolute atomic E-state index is 2.38. The van der Waals surface area contributed by atoms with Crippen molar-refractivity contribution >= 4 is 16.9 Å². The van der Waals surface area contributed by atoms with E-state index in [0.717, 1.165) is 0 Å². The Balaban J connectivity index is 5.54. The topological polar surface area (TPSA) is 0 Å². The fourth-order valence-corrected chi connectivity index (χ4v) is 3.38. The SMILES string of the molecule is CC(C)(C)C([AsH2])(C(C)(C)C)C(C)(C)C. The second kappa shape index (κ2) is 3.55. The molecule has 0 aromatic carbocycles. The van der Waals surface area contributed by atoms with E-state index in [0.29, 0.717) is 20.4 Å². The molecule has 0 aliphatic carbocycles. The van der Waals surface area contributed by atoms with Gasteiger partial charge in [0, 0.05) is 0 Å². The van der Waals surface area contributed by atoms with Gasteiger partial charge in [-0.15, -0.1) is 0 Å². The summed E-state index contributed by atoms with van der Waals surface area (Å²) in [6.45, 7) is 21.4. The molecule has 14 heavy (non-hydrogen) atoms. The minimum atomic E-state index is 0.351. The first-order valence-corrected chi connectivity index (χ1v) is 6.75. The van der Waals surface area contributed by atoms with Crippen LogP contribution in [0.5, 0.6) is 0 Å². The molecule has 0 bridgehead atoms. The summed E-state index contributed by atoms with van der Waals surface area (Å²) in [6.07, 6.45) is 0. The van der Waals surface area contributed by atoms with Gasteiger partial charge < -0.3 is 0 Å². The van der Waals surface area contributed by atoms with Crippen LogP contribution in [0.4, 0.5) is 0 Å². The van der Waals surface area contributed by atoms with Crippen LogP contribution in [0.1, 0.15) is 62.3 Å². The summed E-state index contributed by atoms with van der Waals surface area (Å²) < 4.78 is 0.375. The quantitative estimate of drug-likeness (QED) is 0.579. The molecular formula is C13H29As. The van der Waals surface area contributed by atoms with Crippen LogP contribution in [-0.4, -0.2) is 16.9 Å². The van der Waals surface area contributed by atoms with Crippen LogP contribution in [0.2, 0.25) is 4.20 Å². The molecule has 0 radical (unpaired) electrons. The van der Waals surface area contributed by atoms with Crippen molar-refractivity contribution < 1.29 is 0 Å². The summed E-state index contributed by atoms with van der Waals surface area (Å²) in [5.41, 5.74) is 1.05. The Morgan fingerprint density at radius 2 is 0.643 bits per heavy atom. The van der Waals surface area contributed by atoms with Gasteiger partial charge in [-0.05, 0) is 0 Å². The number of hydrogen-bond acceptors (Lipinski definition) is 0. The van der Waals surface area contributed by atoms with Gasteiger partial charge in [0.1, 0.15) is 0 Å². The third-order valence-corrected chi connectivity index (χ3v) is 9.00. The molecule has 0 saturated carbocycles. The van der Waals surface area contributed by atoms with Crippen molar-refractivity contribution in [1.82, 2.24) is 0 Å². The van der Waals surface area contributed by atoms with Gasteiger partial charge in [-0.3, -0.25) is 0 Å². The van der Waals surface area contributed by atoms with Gasteiger partial charge in [0.25, 0.3) is 0 Å². The first-order chi connectivity index (χ1) is 5.75. The van der Waals surface area contributed by atoms with Crippen molar-refractivity contribution in [2.45, 2.75) is 66.5 Å². The summed E-state index contributed by atoms with van der Waals surface area (Å²) in [7, 11) is 0. The molecule has 86 valence electrons. The molecular weight excluding hydrogens is 231 g/mol. The van der Waals surface area contributed by atoms with E-state index in [1.165, 1.54) is 0 Å². The van der Waals surface area contributed by atoms with Crippen LogP contribution in [0, 0.1) is 16.2 Å². The van der Waals surface area contributed by atoms with Crippen molar-refractivity contribution in [3.05, 3.63) is 0 Å². The van der Waals surface area contributed by atoms with Gasteiger partial charge in [-0.1, -0.05) is 0 Å². The normalized spacial score (nSPS) is 15.9. The molecule has 0 heterocycles. The van der Waals surface area contributed by atoms with Crippen molar-refractivity contribution in [3.63, 3.8) is 0 Å². The molecule has 0 aromatic heterocycles. The molecule has 0 aromatic rings. The Morgan fingerprint density at radius 3 is 0.643 bits per heavy atom. The van der Waals surface area contributed by atoms with E-state index in [-0.39, 0.29) is 0 Å². The van der Waals surface area contributed by atoms with Crippen molar-refractivity contribution in [2.24, 2.45) is 16.2 Å². The third kappa shape index (κ3) is 2.21. The van der Waals surface area contributed by atoms with Crippen molar-refractivity contribution in [3.8, 4) is 0 Å². The predicted molar refractivity (Wildman–Crippen MR) is 69.6 cm³/mol. The van der Waals surface area contributed by atoms with E-state index in [1.807, 2.05) is 16.9 Å². The number of hydrogen-bond donors (Lipinski definition) is 0. The van der Waals surface area contributed by atoms with Crippen LogP contribution in [-0.2, 0) is 0 Å². The maximum atomic E-state index is 2.38. The fraction of sp³-hybridized carbons (Fsp3) is 1.00. The monoisotopic (exact) mass is 260 g/mol. The van der Waals surface area contributed by atoms with E-state index in [9.17, 15) is 0 Å². The molecule has 0 N–H and O–H groups in total. The second-order valence-electron chi connectivity index (χ2n) is 7.56. The summed E-state index contributed by atoms with van der Waals surface area (Å²) in [5, 5.41) is 0. The van der Waals surface area contributed by atoms with Crippen molar-refractivity contribution in [1.29, 1.82) is 0 Å². The zero-order valence-corrected chi connectivity index (χ0v) is 14.0. The van der Waals surface area contributed by atoms with Gasteiger partial charge in [0.15, 0.2) is 0 Å². The molecule has 1 unspecified atom stereocenters. The van der Waals surface area contributed by atoms with E-state index < -0.39 is 0 Å². The van der Waals surface area contributed by atoms with Crippen LogP contribution in [0.15, 0.2) is 0 Å². The number of rotatable bonds is 0. The Hall–Kier alpha value is 0.558. The Morgan fingerprint density at radius 1 is 0.500 bits per heavy atom. The van der Waals surface area contributed by atoms with Crippen LogP contribution in [0.25, 0.3) is 0 Å². The molecule has 0 aliphatic rings. The molecule has 0 spiro atoms. The molecule has 1 atom stereocenters. The van der Waals surface area contributed by atoms with Gasteiger partial charge >= 0.3 is 99.6 Å². The fourth-order valence-electron chi connectivity index (χ4n) is 3.38. The molecule has 0 nitrogen and oxygen atoms in total. The molecule has 1 heteroatoms. The summed E-state index contributed by atoms with van der Waals surface area (Å²) >= 11 is 1.90. The average molecular weight is 260 g/mol. The summed E-state index contributed by atoms with van der Waals surface area (Å²) in [5.74, 6) is 0. The van der Waals surface area contributed by atoms with E-state index in [1.54, 1.807) is 0 Å². The Labute approximate surface area is 99.7 Å². The van der Waals surface area contributed by atoms with Crippen LogP contribution < -0.4 is 0 Å². The zero-order chi connectivity index (χ0) is 12.0. The second-order valence-corrected chi connectivity index (χ2v) is 9.38. The average Bonchev–Trinajstić information content (AvgIpc) is 1.77. The first kappa shape index (κ1) is 14.6. The third-order valence-electron chi connectivity index (χ3n) is 3.55.